The number of Topliss-reactive ketones (excluding diaryl/α,β-unsaturated/α-hetero) is 1. The van der Waals surface area contributed by atoms with Crippen LogP contribution in [0.15, 0.2) is 24.3 Å². The number of hydrogen-bond acceptors (Lipinski definition) is 3. The number of carbonyl (C=O) groups is 1. The van der Waals surface area contributed by atoms with Crippen molar-refractivity contribution in [1.82, 2.24) is 0 Å². The van der Waals surface area contributed by atoms with Crippen molar-refractivity contribution in [3.05, 3.63) is 24.3 Å². The van der Waals surface area contributed by atoms with Crippen LogP contribution in [0.1, 0.15) is 32.1 Å². The minimum Gasteiger partial charge on any atom is -0.491 e. The molecule has 0 aromatic heterocycles. The van der Waals surface area contributed by atoms with Gasteiger partial charge in [-0.2, -0.15) is 0 Å². The molecule has 2 aliphatic rings. The van der Waals surface area contributed by atoms with Crippen molar-refractivity contribution in [2.24, 2.45) is 5.92 Å². The maximum absolute atomic E-state index is 11.7. The second kappa shape index (κ2) is 5.64. The van der Waals surface area contributed by atoms with E-state index in [9.17, 15) is 4.79 Å². The third kappa shape index (κ3) is 2.75. The summed E-state index contributed by atoms with van der Waals surface area (Å²) < 4.78 is 5.76. The highest BCUT2D eigenvalue weighted by Crippen LogP contribution is 2.32. The zero-order chi connectivity index (χ0) is 13.1. The summed E-state index contributed by atoms with van der Waals surface area (Å²) >= 11 is 0. The number of anilines is 1. The molecule has 102 valence electrons. The molecule has 1 unspecified atom stereocenters. The molecule has 1 aromatic rings. The summed E-state index contributed by atoms with van der Waals surface area (Å²) in [6.07, 6.45) is 5.01. The number of carbonyl (C=O) groups excluding carboxylic acids is 1. The smallest absolute Gasteiger partial charge is 0.142 e. The van der Waals surface area contributed by atoms with Crippen LogP contribution in [0.3, 0.4) is 0 Å². The Balaban J connectivity index is 1.68. The van der Waals surface area contributed by atoms with Crippen LogP contribution in [0.2, 0.25) is 0 Å². The molecule has 1 aliphatic carbocycles. The Morgan fingerprint density at radius 3 is 3.00 bits per heavy atom. The van der Waals surface area contributed by atoms with Gasteiger partial charge in [0, 0.05) is 25.4 Å². The van der Waals surface area contributed by atoms with Gasteiger partial charge in [-0.3, -0.25) is 4.79 Å². The van der Waals surface area contributed by atoms with E-state index in [0.717, 1.165) is 57.6 Å². The highest BCUT2D eigenvalue weighted by molar-refractivity contribution is 5.82. The summed E-state index contributed by atoms with van der Waals surface area (Å²) in [5.41, 5.74) is 1.19. The van der Waals surface area contributed by atoms with Crippen molar-refractivity contribution in [2.75, 3.05) is 24.6 Å². The Kier molecular flexibility index (Phi) is 3.72. The molecule has 0 N–H and O–H groups in total. The molecule has 0 spiro atoms. The van der Waals surface area contributed by atoms with Crippen LogP contribution in [-0.4, -0.2) is 25.5 Å². The monoisotopic (exact) mass is 259 g/mol. The second-order valence-corrected chi connectivity index (χ2v) is 5.50. The van der Waals surface area contributed by atoms with Crippen LogP contribution < -0.4 is 9.64 Å². The van der Waals surface area contributed by atoms with E-state index in [0.29, 0.717) is 11.7 Å². The number of nitrogens with zero attached hydrogens (tertiary/aromatic N) is 1. The van der Waals surface area contributed by atoms with Gasteiger partial charge in [0.15, 0.2) is 0 Å². The fraction of sp³-hybridized carbons (Fsp3) is 0.562. The Bertz CT molecular complexity index is 458. The first-order valence-corrected chi connectivity index (χ1v) is 7.34. The van der Waals surface area contributed by atoms with E-state index >= 15 is 0 Å². The lowest BCUT2D eigenvalue weighted by molar-refractivity contribution is -0.120. The van der Waals surface area contributed by atoms with E-state index in [4.69, 9.17) is 4.74 Å². The second-order valence-electron chi connectivity index (χ2n) is 5.50. The number of fused-ring (bicyclic) bond motifs is 1. The average molecular weight is 259 g/mol. The van der Waals surface area contributed by atoms with Crippen molar-refractivity contribution in [3.8, 4) is 5.75 Å². The van der Waals surface area contributed by atoms with Gasteiger partial charge in [-0.15, -0.1) is 0 Å². The molecule has 3 heteroatoms. The van der Waals surface area contributed by atoms with Crippen molar-refractivity contribution >= 4 is 11.5 Å². The summed E-state index contributed by atoms with van der Waals surface area (Å²) in [6, 6.07) is 8.23. The van der Waals surface area contributed by atoms with Gasteiger partial charge >= 0.3 is 0 Å². The molecule has 1 aliphatic heterocycles. The molecule has 3 rings (SSSR count). The number of rotatable bonds is 3. The molecule has 3 nitrogen and oxygen atoms in total. The molecule has 1 atom stereocenters. The van der Waals surface area contributed by atoms with Crippen molar-refractivity contribution in [1.29, 1.82) is 0 Å². The minimum absolute atomic E-state index is 0.302. The van der Waals surface area contributed by atoms with Gasteiger partial charge in [0.1, 0.15) is 11.5 Å². The lowest BCUT2D eigenvalue weighted by atomic mass is 10.0. The number of ketones is 1. The highest BCUT2D eigenvalue weighted by Gasteiger charge is 2.25. The normalized spacial score (nSPS) is 22.8. The third-order valence-electron chi connectivity index (χ3n) is 4.21. The molecular weight excluding hydrogens is 238 g/mol. The largest absolute Gasteiger partial charge is 0.491 e. The molecule has 0 amide bonds. The fourth-order valence-electron chi connectivity index (χ4n) is 3.14. The topological polar surface area (TPSA) is 29.5 Å². The van der Waals surface area contributed by atoms with Crippen LogP contribution in [-0.2, 0) is 4.79 Å². The maximum Gasteiger partial charge on any atom is 0.142 e. The number of para-hydroxylation sites is 2. The summed E-state index contributed by atoms with van der Waals surface area (Å²) in [5.74, 6) is 1.76. The molecule has 19 heavy (non-hydrogen) atoms. The van der Waals surface area contributed by atoms with E-state index in [1.165, 1.54) is 5.69 Å². The zero-order valence-electron chi connectivity index (χ0n) is 11.3. The number of hydrogen-bond donors (Lipinski definition) is 0. The van der Waals surface area contributed by atoms with E-state index < -0.39 is 0 Å². The summed E-state index contributed by atoms with van der Waals surface area (Å²) in [5, 5.41) is 0. The van der Waals surface area contributed by atoms with Crippen LogP contribution in [0.25, 0.3) is 0 Å². The van der Waals surface area contributed by atoms with Gasteiger partial charge in [0.05, 0.1) is 12.3 Å². The quantitative estimate of drug-likeness (QED) is 0.835. The van der Waals surface area contributed by atoms with Gasteiger partial charge < -0.3 is 9.64 Å². The molecular formula is C16H21NO2. The van der Waals surface area contributed by atoms with Gasteiger partial charge in [-0.1, -0.05) is 12.1 Å². The van der Waals surface area contributed by atoms with E-state index in [1.54, 1.807) is 0 Å². The van der Waals surface area contributed by atoms with Gasteiger partial charge in [0.2, 0.25) is 0 Å². The molecule has 1 fully saturated rings. The van der Waals surface area contributed by atoms with Crippen LogP contribution >= 0.6 is 0 Å². The Morgan fingerprint density at radius 2 is 2.16 bits per heavy atom. The zero-order valence-corrected chi connectivity index (χ0v) is 11.3. The van der Waals surface area contributed by atoms with Crippen LogP contribution in [0.4, 0.5) is 5.69 Å². The van der Waals surface area contributed by atoms with E-state index in [1.807, 2.05) is 12.1 Å². The lowest BCUT2D eigenvalue weighted by Crippen LogP contribution is -2.27. The van der Waals surface area contributed by atoms with Crippen LogP contribution in [0, 0.1) is 5.92 Å². The molecule has 1 saturated carbocycles. The molecule has 0 radical (unpaired) electrons. The van der Waals surface area contributed by atoms with E-state index in [-0.39, 0.29) is 0 Å². The Morgan fingerprint density at radius 1 is 1.26 bits per heavy atom. The average Bonchev–Trinajstić information content (AvgIpc) is 2.73. The fourth-order valence-corrected chi connectivity index (χ4v) is 3.14. The Labute approximate surface area is 114 Å². The number of ether oxygens (including phenoxy) is 1. The SMILES string of the molecule is O=C1CCCC1CCN1CCCOc2ccccc21. The first-order valence-electron chi connectivity index (χ1n) is 7.34. The highest BCUT2D eigenvalue weighted by atomic mass is 16.5. The molecule has 1 aromatic carbocycles. The van der Waals surface area contributed by atoms with Gasteiger partial charge in [-0.05, 0) is 37.8 Å². The Hall–Kier alpha value is -1.51. The summed E-state index contributed by atoms with van der Waals surface area (Å²) in [4.78, 5) is 14.1. The van der Waals surface area contributed by atoms with Crippen molar-refractivity contribution < 1.29 is 9.53 Å². The first kappa shape index (κ1) is 12.5. The standard InChI is InChI=1S/C16H21NO2/c18-15-7-3-5-13(15)9-11-17-10-4-12-19-16-8-2-1-6-14(16)17/h1-2,6,8,13H,3-5,7,9-12H2. The summed E-state index contributed by atoms with van der Waals surface area (Å²) in [6.45, 7) is 2.78. The molecule has 1 heterocycles. The molecule has 0 saturated heterocycles. The lowest BCUT2D eigenvalue weighted by Gasteiger charge is -2.24. The van der Waals surface area contributed by atoms with E-state index in [2.05, 4.69) is 17.0 Å². The predicted octanol–water partition coefficient (Wildman–Crippen LogP) is 3.03. The first-order chi connectivity index (χ1) is 9.34. The summed E-state index contributed by atoms with van der Waals surface area (Å²) in [7, 11) is 0. The van der Waals surface area contributed by atoms with Crippen molar-refractivity contribution in [3.63, 3.8) is 0 Å². The minimum atomic E-state index is 0.302. The van der Waals surface area contributed by atoms with Crippen LogP contribution in [0.5, 0.6) is 5.75 Å². The third-order valence-corrected chi connectivity index (χ3v) is 4.21. The van der Waals surface area contributed by atoms with Gasteiger partial charge in [-0.25, -0.2) is 0 Å². The maximum atomic E-state index is 11.7. The molecule has 0 bridgehead atoms. The predicted molar refractivity (Wildman–Crippen MR) is 75.7 cm³/mol. The number of benzene rings is 1. The van der Waals surface area contributed by atoms with Crippen molar-refractivity contribution in [2.45, 2.75) is 32.1 Å². The van der Waals surface area contributed by atoms with Gasteiger partial charge in [0.25, 0.3) is 0 Å².